The summed E-state index contributed by atoms with van der Waals surface area (Å²) in [5, 5.41) is 3.45. The van der Waals surface area contributed by atoms with Gasteiger partial charge >= 0.3 is 0 Å². The average Bonchev–Trinajstić information content (AvgIpc) is 2.18. The minimum absolute atomic E-state index is 0.471. The summed E-state index contributed by atoms with van der Waals surface area (Å²) in [6.07, 6.45) is 9.45. The van der Waals surface area contributed by atoms with E-state index in [-0.39, 0.29) is 0 Å². The molecule has 0 atom stereocenters. The van der Waals surface area contributed by atoms with Crippen molar-refractivity contribution in [3.05, 3.63) is 11.6 Å². The van der Waals surface area contributed by atoms with Crippen LogP contribution >= 0.6 is 0 Å². The van der Waals surface area contributed by atoms with E-state index in [9.17, 15) is 0 Å². The van der Waals surface area contributed by atoms with Gasteiger partial charge in [0.25, 0.3) is 0 Å². The van der Waals surface area contributed by atoms with E-state index >= 15 is 0 Å². The Kier molecular flexibility index (Phi) is 2.96. The fourth-order valence-corrected chi connectivity index (χ4v) is 2.91. The lowest BCUT2D eigenvalue weighted by Crippen LogP contribution is -2.30. The number of hydrogen-bond donors (Lipinski definition) is 1. The Morgan fingerprint density at radius 3 is 2.64 bits per heavy atom. The lowest BCUT2D eigenvalue weighted by Gasteiger charge is -2.33. The van der Waals surface area contributed by atoms with Crippen molar-refractivity contribution in [3.8, 4) is 0 Å². The molecule has 1 aliphatic heterocycles. The molecule has 2 aliphatic rings. The molecule has 1 fully saturated rings. The summed E-state index contributed by atoms with van der Waals surface area (Å²) < 4.78 is 0. The van der Waals surface area contributed by atoms with E-state index in [2.05, 4.69) is 25.2 Å². The Bertz CT molecular complexity index is 221. The van der Waals surface area contributed by atoms with Gasteiger partial charge in [0.15, 0.2) is 0 Å². The average molecular weight is 193 g/mol. The van der Waals surface area contributed by atoms with Crippen molar-refractivity contribution in [2.45, 2.75) is 46.0 Å². The first-order valence-corrected chi connectivity index (χ1v) is 6.10. The Hall–Kier alpha value is -0.300. The van der Waals surface area contributed by atoms with Crippen molar-refractivity contribution >= 4 is 0 Å². The van der Waals surface area contributed by atoms with Crippen LogP contribution in [0.5, 0.6) is 0 Å². The van der Waals surface area contributed by atoms with E-state index in [1.54, 1.807) is 5.57 Å². The maximum Gasteiger partial charge on any atom is -0.00432 e. The Balaban J connectivity index is 2.05. The third-order valence-electron chi connectivity index (χ3n) is 3.73. The Morgan fingerprint density at radius 1 is 1.29 bits per heavy atom. The molecule has 0 saturated carbocycles. The van der Waals surface area contributed by atoms with Crippen LogP contribution < -0.4 is 5.32 Å². The topological polar surface area (TPSA) is 12.0 Å². The lowest BCUT2D eigenvalue weighted by atomic mass is 9.74. The second-order valence-electron chi connectivity index (χ2n) is 5.59. The van der Waals surface area contributed by atoms with Crippen molar-refractivity contribution in [1.82, 2.24) is 5.32 Å². The van der Waals surface area contributed by atoms with E-state index in [0.717, 1.165) is 5.92 Å². The SMILES string of the molecule is CC1(C)C=C(C2CCNCC2)CCC1. The molecule has 1 saturated heterocycles. The van der Waals surface area contributed by atoms with Crippen molar-refractivity contribution in [2.24, 2.45) is 11.3 Å². The third kappa shape index (κ3) is 2.38. The fraction of sp³-hybridized carbons (Fsp3) is 0.846. The van der Waals surface area contributed by atoms with Gasteiger partial charge in [0.1, 0.15) is 0 Å². The van der Waals surface area contributed by atoms with Gasteiger partial charge in [0, 0.05) is 0 Å². The van der Waals surface area contributed by atoms with Gasteiger partial charge in [0.2, 0.25) is 0 Å². The predicted octanol–water partition coefficient (Wildman–Crippen LogP) is 3.12. The number of nitrogens with one attached hydrogen (secondary N) is 1. The van der Waals surface area contributed by atoms with Crippen LogP contribution in [-0.2, 0) is 0 Å². The zero-order valence-electron chi connectivity index (χ0n) is 9.60. The number of piperidine rings is 1. The Morgan fingerprint density at radius 2 is 2.00 bits per heavy atom. The van der Waals surface area contributed by atoms with Crippen LogP contribution in [0.4, 0.5) is 0 Å². The molecule has 0 amide bonds. The first kappa shape index (κ1) is 10.2. The van der Waals surface area contributed by atoms with Gasteiger partial charge in [-0.25, -0.2) is 0 Å². The van der Waals surface area contributed by atoms with Crippen LogP contribution in [0.3, 0.4) is 0 Å². The first-order chi connectivity index (χ1) is 6.67. The van der Waals surface area contributed by atoms with Gasteiger partial charge in [-0.15, -0.1) is 0 Å². The molecule has 0 radical (unpaired) electrons. The molecule has 0 aromatic heterocycles. The lowest BCUT2D eigenvalue weighted by molar-refractivity contribution is 0.351. The highest BCUT2D eigenvalue weighted by Gasteiger charge is 2.25. The first-order valence-electron chi connectivity index (χ1n) is 6.10. The highest BCUT2D eigenvalue weighted by atomic mass is 14.9. The highest BCUT2D eigenvalue weighted by molar-refractivity contribution is 5.15. The quantitative estimate of drug-likeness (QED) is 0.631. The second-order valence-corrected chi connectivity index (χ2v) is 5.59. The molecule has 1 nitrogen and oxygen atoms in total. The van der Waals surface area contributed by atoms with E-state index in [0.29, 0.717) is 5.41 Å². The van der Waals surface area contributed by atoms with Gasteiger partial charge < -0.3 is 5.32 Å². The molecule has 80 valence electrons. The minimum Gasteiger partial charge on any atom is -0.317 e. The van der Waals surface area contributed by atoms with Crippen molar-refractivity contribution in [3.63, 3.8) is 0 Å². The molecule has 2 rings (SSSR count). The third-order valence-corrected chi connectivity index (χ3v) is 3.73. The van der Waals surface area contributed by atoms with Gasteiger partial charge in [0.05, 0.1) is 0 Å². The molecule has 0 aromatic rings. The molecule has 1 heteroatoms. The minimum atomic E-state index is 0.471. The maximum absolute atomic E-state index is 3.45. The number of hydrogen-bond acceptors (Lipinski definition) is 1. The molecule has 1 aliphatic carbocycles. The van der Waals surface area contributed by atoms with Crippen LogP contribution in [0.25, 0.3) is 0 Å². The highest BCUT2D eigenvalue weighted by Crippen LogP contribution is 2.37. The van der Waals surface area contributed by atoms with Gasteiger partial charge in [-0.1, -0.05) is 25.5 Å². The molecular weight excluding hydrogens is 170 g/mol. The molecule has 0 spiro atoms. The number of allylic oxidation sites excluding steroid dienone is 2. The van der Waals surface area contributed by atoms with Gasteiger partial charge in [-0.2, -0.15) is 0 Å². The largest absolute Gasteiger partial charge is 0.317 e. The summed E-state index contributed by atoms with van der Waals surface area (Å²) in [5.41, 5.74) is 2.24. The van der Waals surface area contributed by atoms with Crippen LogP contribution in [-0.4, -0.2) is 13.1 Å². The molecule has 1 heterocycles. The summed E-state index contributed by atoms with van der Waals surface area (Å²) >= 11 is 0. The summed E-state index contributed by atoms with van der Waals surface area (Å²) in [4.78, 5) is 0. The molecule has 0 bridgehead atoms. The predicted molar refractivity (Wildman–Crippen MR) is 61.3 cm³/mol. The monoisotopic (exact) mass is 193 g/mol. The summed E-state index contributed by atoms with van der Waals surface area (Å²) in [6, 6.07) is 0. The fourth-order valence-electron chi connectivity index (χ4n) is 2.91. The molecular formula is C13H23N. The van der Waals surface area contributed by atoms with Gasteiger partial charge in [-0.3, -0.25) is 0 Å². The van der Waals surface area contributed by atoms with Crippen LogP contribution in [0.1, 0.15) is 46.0 Å². The molecule has 14 heavy (non-hydrogen) atoms. The zero-order chi connectivity index (χ0) is 10.0. The second kappa shape index (κ2) is 4.06. The van der Waals surface area contributed by atoms with E-state index in [1.807, 2.05) is 0 Å². The molecule has 0 unspecified atom stereocenters. The summed E-state index contributed by atoms with van der Waals surface area (Å²) in [5.74, 6) is 0.899. The Labute approximate surface area is 88.0 Å². The molecule has 0 aromatic carbocycles. The van der Waals surface area contributed by atoms with E-state index in [1.165, 1.54) is 45.2 Å². The van der Waals surface area contributed by atoms with Crippen molar-refractivity contribution < 1.29 is 0 Å². The van der Waals surface area contributed by atoms with E-state index in [4.69, 9.17) is 0 Å². The van der Waals surface area contributed by atoms with Crippen molar-refractivity contribution in [1.29, 1.82) is 0 Å². The summed E-state index contributed by atoms with van der Waals surface area (Å²) in [7, 11) is 0. The standard InChI is InChI=1S/C13H23N/c1-13(2)7-3-4-12(10-13)11-5-8-14-9-6-11/h10-11,14H,3-9H2,1-2H3. The van der Waals surface area contributed by atoms with E-state index < -0.39 is 0 Å². The van der Waals surface area contributed by atoms with Gasteiger partial charge in [-0.05, 0) is 56.5 Å². The van der Waals surface area contributed by atoms with Crippen LogP contribution in [0, 0.1) is 11.3 Å². The normalized spacial score (nSPS) is 28.6. The van der Waals surface area contributed by atoms with Crippen LogP contribution in [0.2, 0.25) is 0 Å². The van der Waals surface area contributed by atoms with Crippen molar-refractivity contribution in [2.75, 3.05) is 13.1 Å². The smallest absolute Gasteiger partial charge is 0.00432 e. The zero-order valence-corrected chi connectivity index (χ0v) is 9.60. The maximum atomic E-state index is 3.45. The van der Waals surface area contributed by atoms with Crippen LogP contribution in [0.15, 0.2) is 11.6 Å². The number of rotatable bonds is 1. The molecule has 1 N–H and O–H groups in total. The summed E-state index contributed by atoms with van der Waals surface area (Å²) in [6.45, 7) is 7.21.